The largest absolute Gasteiger partial charge is 0.327 e. The van der Waals surface area contributed by atoms with E-state index in [9.17, 15) is 0 Å². The molecular weight excluding hydrogens is 182 g/mol. The van der Waals surface area contributed by atoms with Crippen LogP contribution in [0.2, 0.25) is 0 Å². The summed E-state index contributed by atoms with van der Waals surface area (Å²) in [5.41, 5.74) is 8.10. The van der Waals surface area contributed by atoms with Gasteiger partial charge in [-0.3, -0.25) is 0 Å². The minimum Gasteiger partial charge on any atom is -0.327 e. The lowest BCUT2D eigenvalue weighted by molar-refractivity contribution is 0.198. The molecule has 0 unspecified atom stereocenters. The Morgan fingerprint density at radius 2 is 1.87 bits per heavy atom. The number of nitrogens with two attached hydrogens (primary N) is 1. The highest BCUT2D eigenvalue weighted by atomic mass is 14.7. The van der Waals surface area contributed by atoms with E-state index < -0.39 is 0 Å². The number of rotatable bonds is 1. The summed E-state index contributed by atoms with van der Waals surface area (Å²) in [7, 11) is 0. The van der Waals surface area contributed by atoms with Crippen molar-refractivity contribution in [2.24, 2.45) is 11.1 Å². The fourth-order valence-corrected chi connectivity index (χ4v) is 2.67. The molecule has 0 amide bonds. The van der Waals surface area contributed by atoms with E-state index in [0.29, 0.717) is 17.4 Å². The predicted molar refractivity (Wildman–Crippen MR) is 64.8 cm³/mol. The molecule has 1 nitrogen and oxygen atoms in total. The molecule has 2 N–H and O–H groups in total. The molecule has 1 saturated carbocycles. The van der Waals surface area contributed by atoms with Crippen LogP contribution in [-0.4, -0.2) is 6.04 Å². The van der Waals surface area contributed by atoms with E-state index in [1.165, 1.54) is 18.4 Å². The Labute approximate surface area is 92.7 Å². The van der Waals surface area contributed by atoms with Gasteiger partial charge in [-0.05, 0) is 36.2 Å². The van der Waals surface area contributed by atoms with E-state index in [-0.39, 0.29) is 0 Å². The fourth-order valence-electron chi connectivity index (χ4n) is 2.67. The molecule has 0 aromatic heterocycles. The lowest BCUT2D eigenvalue weighted by Gasteiger charge is -2.39. The second kappa shape index (κ2) is 3.97. The van der Waals surface area contributed by atoms with Crippen LogP contribution in [0.15, 0.2) is 30.3 Å². The molecule has 2 atom stereocenters. The van der Waals surface area contributed by atoms with Crippen molar-refractivity contribution in [1.82, 2.24) is 0 Å². The highest BCUT2D eigenvalue weighted by Crippen LogP contribution is 2.42. The summed E-state index contributed by atoms with van der Waals surface area (Å²) in [5, 5.41) is 0. The summed E-state index contributed by atoms with van der Waals surface area (Å²) in [4.78, 5) is 0. The molecule has 1 aliphatic rings. The molecule has 15 heavy (non-hydrogen) atoms. The molecule has 1 aliphatic carbocycles. The second-order valence-corrected chi connectivity index (χ2v) is 5.59. The Morgan fingerprint density at radius 3 is 2.53 bits per heavy atom. The normalized spacial score (nSPS) is 30.1. The molecular formula is C14H21N. The van der Waals surface area contributed by atoms with Gasteiger partial charge in [0.1, 0.15) is 0 Å². The fraction of sp³-hybridized carbons (Fsp3) is 0.571. The summed E-state index contributed by atoms with van der Waals surface area (Å²) in [6.45, 7) is 4.71. The van der Waals surface area contributed by atoms with Gasteiger partial charge < -0.3 is 5.73 Å². The average Bonchev–Trinajstić information content (AvgIpc) is 2.23. The third-order valence-corrected chi connectivity index (χ3v) is 3.67. The summed E-state index contributed by atoms with van der Waals surface area (Å²) in [6, 6.07) is 11.1. The van der Waals surface area contributed by atoms with E-state index >= 15 is 0 Å². The zero-order valence-corrected chi connectivity index (χ0v) is 9.74. The highest BCUT2D eigenvalue weighted by Gasteiger charge is 2.33. The summed E-state index contributed by atoms with van der Waals surface area (Å²) in [6.07, 6.45) is 3.64. The number of benzene rings is 1. The van der Waals surface area contributed by atoms with Gasteiger partial charge in [-0.15, -0.1) is 0 Å². The van der Waals surface area contributed by atoms with Gasteiger partial charge in [-0.25, -0.2) is 0 Å². The standard InChI is InChI=1S/C14H21N/c1-14(2)9-8-13(15)12(10-14)11-6-4-3-5-7-11/h3-7,12-13H,8-10,15H2,1-2H3/t12-,13+/m0/s1. The molecule has 82 valence electrons. The van der Waals surface area contributed by atoms with Gasteiger partial charge in [0, 0.05) is 6.04 Å². The first-order valence-electron chi connectivity index (χ1n) is 5.89. The van der Waals surface area contributed by atoms with E-state index in [2.05, 4.69) is 44.2 Å². The molecule has 2 rings (SSSR count). The quantitative estimate of drug-likeness (QED) is 0.744. The van der Waals surface area contributed by atoms with E-state index in [1.54, 1.807) is 0 Å². The van der Waals surface area contributed by atoms with Crippen molar-refractivity contribution in [2.45, 2.75) is 45.1 Å². The van der Waals surface area contributed by atoms with Gasteiger partial charge in [-0.2, -0.15) is 0 Å². The third-order valence-electron chi connectivity index (χ3n) is 3.67. The lowest BCUT2D eigenvalue weighted by atomic mass is 9.68. The maximum atomic E-state index is 6.23. The van der Waals surface area contributed by atoms with Crippen molar-refractivity contribution < 1.29 is 0 Å². The van der Waals surface area contributed by atoms with Gasteiger partial charge in [0.15, 0.2) is 0 Å². The topological polar surface area (TPSA) is 26.0 Å². The van der Waals surface area contributed by atoms with Crippen molar-refractivity contribution >= 4 is 0 Å². The van der Waals surface area contributed by atoms with Crippen molar-refractivity contribution in [2.75, 3.05) is 0 Å². The molecule has 0 bridgehead atoms. The predicted octanol–water partition coefficient (Wildman–Crippen LogP) is 3.31. The van der Waals surface area contributed by atoms with Crippen molar-refractivity contribution in [3.8, 4) is 0 Å². The molecule has 0 spiro atoms. The highest BCUT2D eigenvalue weighted by molar-refractivity contribution is 5.22. The van der Waals surface area contributed by atoms with Crippen LogP contribution >= 0.6 is 0 Å². The summed E-state index contributed by atoms with van der Waals surface area (Å²) < 4.78 is 0. The Hall–Kier alpha value is -0.820. The zero-order chi connectivity index (χ0) is 10.9. The van der Waals surface area contributed by atoms with E-state index in [0.717, 1.165) is 6.42 Å². The van der Waals surface area contributed by atoms with Gasteiger partial charge >= 0.3 is 0 Å². The Balaban J connectivity index is 2.20. The van der Waals surface area contributed by atoms with Crippen LogP contribution in [0.25, 0.3) is 0 Å². The summed E-state index contributed by atoms with van der Waals surface area (Å²) in [5.74, 6) is 0.551. The first kappa shape index (κ1) is 10.7. The molecule has 1 heteroatoms. The van der Waals surface area contributed by atoms with Gasteiger partial charge in [-0.1, -0.05) is 44.2 Å². The van der Waals surface area contributed by atoms with Crippen LogP contribution in [0.3, 0.4) is 0 Å². The maximum absolute atomic E-state index is 6.23. The molecule has 1 aromatic carbocycles. The van der Waals surface area contributed by atoms with Crippen LogP contribution in [0, 0.1) is 5.41 Å². The minimum atomic E-state index is 0.348. The first-order valence-corrected chi connectivity index (χ1v) is 5.89. The smallest absolute Gasteiger partial charge is 0.0108 e. The van der Waals surface area contributed by atoms with E-state index in [4.69, 9.17) is 5.73 Å². The SMILES string of the molecule is CC1(C)CC[C@@H](N)[C@H](c2ccccc2)C1. The molecule has 0 aliphatic heterocycles. The van der Waals surface area contributed by atoms with Crippen molar-refractivity contribution in [1.29, 1.82) is 0 Å². The van der Waals surface area contributed by atoms with Crippen LogP contribution in [0.4, 0.5) is 0 Å². The third kappa shape index (κ3) is 2.40. The second-order valence-electron chi connectivity index (χ2n) is 5.59. The zero-order valence-electron chi connectivity index (χ0n) is 9.74. The van der Waals surface area contributed by atoms with Crippen LogP contribution < -0.4 is 5.73 Å². The Morgan fingerprint density at radius 1 is 1.20 bits per heavy atom. The Bertz CT molecular complexity index is 315. The molecule has 1 fully saturated rings. The van der Waals surface area contributed by atoms with E-state index in [1.807, 2.05) is 0 Å². The Kier molecular flexibility index (Phi) is 2.83. The van der Waals surface area contributed by atoms with Crippen molar-refractivity contribution in [3.63, 3.8) is 0 Å². The first-order chi connectivity index (χ1) is 7.08. The molecule has 0 heterocycles. The lowest BCUT2D eigenvalue weighted by Crippen LogP contribution is -2.37. The molecule has 0 radical (unpaired) electrons. The van der Waals surface area contributed by atoms with Gasteiger partial charge in [0.2, 0.25) is 0 Å². The maximum Gasteiger partial charge on any atom is 0.0108 e. The van der Waals surface area contributed by atoms with Gasteiger partial charge in [0.05, 0.1) is 0 Å². The average molecular weight is 203 g/mol. The molecule has 1 aromatic rings. The summed E-state index contributed by atoms with van der Waals surface area (Å²) >= 11 is 0. The monoisotopic (exact) mass is 203 g/mol. The van der Waals surface area contributed by atoms with Crippen molar-refractivity contribution in [3.05, 3.63) is 35.9 Å². The van der Waals surface area contributed by atoms with Crippen LogP contribution in [0.5, 0.6) is 0 Å². The van der Waals surface area contributed by atoms with Crippen LogP contribution in [-0.2, 0) is 0 Å². The molecule has 0 saturated heterocycles. The minimum absolute atomic E-state index is 0.348. The number of hydrogen-bond donors (Lipinski definition) is 1. The number of hydrogen-bond acceptors (Lipinski definition) is 1. The van der Waals surface area contributed by atoms with Gasteiger partial charge in [0.25, 0.3) is 0 Å². The van der Waals surface area contributed by atoms with Crippen LogP contribution in [0.1, 0.15) is 44.6 Å².